The zero-order valence-corrected chi connectivity index (χ0v) is 19.2. The van der Waals surface area contributed by atoms with E-state index in [1.165, 1.54) is 31.0 Å². The lowest BCUT2D eigenvalue weighted by Crippen LogP contribution is -2.56. The molecule has 2 aromatic rings. The van der Waals surface area contributed by atoms with E-state index < -0.39 is 36.4 Å². The van der Waals surface area contributed by atoms with Crippen molar-refractivity contribution in [3.05, 3.63) is 47.5 Å². The maximum Gasteiger partial charge on any atom is 0.262 e. The highest BCUT2D eigenvalue weighted by Gasteiger charge is 2.41. The summed E-state index contributed by atoms with van der Waals surface area (Å²) in [6.45, 7) is 3.55. The van der Waals surface area contributed by atoms with E-state index in [-0.39, 0.29) is 12.1 Å². The number of hydrogen-bond acceptors (Lipinski definition) is 7. The molecular weight excluding hydrogens is 434 g/mol. The number of nitriles is 1. The van der Waals surface area contributed by atoms with Crippen molar-refractivity contribution < 1.29 is 24.9 Å². The molecule has 2 heterocycles. The Kier molecular flexibility index (Phi) is 7.49. The van der Waals surface area contributed by atoms with Crippen molar-refractivity contribution in [1.82, 2.24) is 5.32 Å². The van der Waals surface area contributed by atoms with E-state index >= 15 is 0 Å². The number of aliphatic hydroxyl groups is 3. The molecule has 0 spiro atoms. The second kappa shape index (κ2) is 10.5. The third-order valence-corrected chi connectivity index (χ3v) is 6.74. The molecule has 4 N–H and O–H groups in total. The SMILES string of the molecule is CC1C(O)O[C@H](CNC(=O)/C(C#N)=C/c2ccc3cc(N4CCCCC4)ccc3c2)C(O)C1O. The van der Waals surface area contributed by atoms with E-state index in [1.54, 1.807) is 6.92 Å². The fraction of sp³-hybridized carbons (Fsp3) is 0.462. The molecule has 0 aliphatic carbocycles. The zero-order chi connectivity index (χ0) is 24.2. The fourth-order valence-corrected chi connectivity index (χ4v) is 4.55. The Hall–Kier alpha value is -2.96. The van der Waals surface area contributed by atoms with E-state index in [4.69, 9.17) is 4.74 Å². The lowest BCUT2D eigenvalue weighted by atomic mass is 9.92. The summed E-state index contributed by atoms with van der Waals surface area (Å²) in [5, 5.41) is 44.2. The third kappa shape index (κ3) is 5.24. The molecule has 0 bridgehead atoms. The Morgan fingerprint density at radius 1 is 1.12 bits per heavy atom. The molecule has 5 atom stereocenters. The Morgan fingerprint density at radius 2 is 1.82 bits per heavy atom. The molecule has 8 nitrogen and oxygen atoms in total. The van der Waals surface area contributed by atoms with E-state index in [9.17, 15) is 25.4 Å². The Morgan fingerprint density at radius 3 is 2.56 bits per heavy atom. The summed E-state index contributed by atoms with van der Waals surface area (Å²) in [6, 6.07) is 14.0. The average Bonchev–Trinajstić information content (AvgIpc) is 2.87. The molecule has 34 heavy (non-hydrogen) atoms. The highest BCUT2D eigenvalue weighted by Crippen LogP contribution is 2.27. The van der Waals surface area contributed by atoms with E-state index in [1.807, 2.05) is 24.3 Å². The van der Waals surface area contributed by atoms with Gasteiger partial charge in [-0.05, 0) is 59.9 Å². The van der Waals surface area contributed by atoms with Crippen LogP contribution in [0.15, 0.2) is 42.0 Å². The van der Waals surface area contributed by atoms with Crippen LogP contribution in [0.3, 0.4) is 0 Å². The summed E-state index contributed by atoms with van der Waals surface area (Å²) in [4.78, 5) is 15.0. The van der Waals surface area contributed by atoms with Crippen molar-refractivity contribution in [3.63, 3.8) is 0 Å². The Balaban J connectivity index is 1.44. The number of benzene rings is 2. The maximum absolute atomic E-state index is 12.6. The van der Waals surface area contributed by atoms with Crippen molar-refractivity contribution in [2.75, 3.05) is 24.5 Å². The smallest absolute Gasteiger partial charge is 0.262 e. The van der Waals surface area contributed by atoms with Gasteiger partial charge in [-0.2, -0.15) is 5.26 Å². The minimum Gasteiger partial charge on any atom is -0.390 e. The second-order valence-electron chi connectivity index (χ2n) is 9.12. The molecule has 180 valence electrons. The summed E-state index contributed by atoms with van der Waals surface area (Å²) >= 11 is 0. The topological polar surface area (TPSA) is 126 Å². The summed E-state index contributed by atoms with van der Waals surface area (Å²) < 4.78 is 5.29. The van der Waals surface area contributed by atoms with E-state index in [2.05, 4.69) is 28.4 Å². The lowest BCUT2D eigenvalue weighted by Gasteiger charge is -2.39. The van der Waals surface area contributed by atoms with Crippen LogP contribution >= 0.6 is 0 Å². The molecule has 2 aromatic carbocycles. The molecule has 2 aliphatic heterocycles. The normalized spacial score (nSPS) is 27.9. The van der Waals surface area contributed by atoms with E-state index in [0.717, 1.165) is 29.4 Å². The second-order valence-corrected chi connectivity index (χ2v) is 9.12. The summed E-state index contributed by atoms with van der Waals surface area (Å²) in [5.41, 5.74) is 1.84. The van der Waals surface area contributed by atoms with Gasteiger partial charge in [0.15, 0.2) is 6.29 Å². The van der Waals surface area contributed by atoms with Gasteiger partial charge in [-0.25, -0.2) is 0 Å². The van der Waals surface area contributed by atoms with Gasteiger partial charge >= 0.3 is 0 Å². The molecule has 4 rings (SSSR count). The predicted molar refractivity (Wildman–Crippen MR) is 129 cm³/mol. The Labute approximate surface area is 199 Å². The highest BCUT2D eigenvalue weighted by atomic mass is 16.6. The molecule has 2 aliphatic rings. The molecule has 4 unspecified atom stereocenters. The monoisotopic (exact) mass is 465 g/mol. The van der Waals surface area contributed by atoms with Gasteiger partial charge in [0.2, 0.25) is 0 Å². The number of hydrogen-bond donors (Lipinski definition) is 4. The molecule has 0 radical (unpaired) electrons. The van der Waals surface area contributed by atoms with Crippen LogP contribution in [0.25, 0.3) is 16.8 Å². The van der Waals surface area contributed by atoms with Crippen LogP contribution in [-0.4, -0.2) is 65.5 Å². The summed E-state index contributed by atoms with van der Waals surface area (Å²) in [6.07, 6.45) is 0.551. The summed E-state index contributed by atoms with van der Waals surface area (Å²) in [7, 11) is 0. The van der Waals surface area contributed by atoms with Crippen molar-refractivity contribution in [1.29, 1.82) is 5.26 Å². The number of anilines is 1. The number of rotatable bonds is 5. The minimum absolute atomic E-state index is 0.0935. The molecule has 2 fully saturated rings. The first kappa shape index (κ1) is 24.2. The van der Waals surface area contributed by atoms with Crippen molar-refractivity contribution >= 4 is 28.4 Å². The number of aliphatic hydroxyl groups excluding tert-OH is 3. The number of carbonyl (C=O) groups is 1. The van der Waals surface area contributed by atoms with Crippen LogP contribution in [0.5, 0.6) is 0 Å². The van der Waals surface area contributed by atoms with Gasteiger partial charge in [0.25, 0.3) is 5.91 Å². The number of carbonyl (C=O) groups excluding carboxylic acids is 1. The van der Waals surface area contributed by atoms with Crippen LogP contribution in [-0.2, 0) is 9.53 Å². The van der Waals surface area contributed by atoms with Crippen LogP contribution in [0.4, 0.5) is 5.69 Å². The van der Waals surface area contributed by atoms with Crippen LogP contribution < -0.4 is 10.2 Å². The zero-order valence-electron chi connectivity index (χ0n) is 19.2. The van der Waals surface area contributed by atoms with Crippen molar-refractivity contribution in [2.24, 2.45) is 5.92 Å². The molecule has 0 saturated carbocycles. The molecular formula is C26H31N3O5. The van der Waals surface area contributed by atoms with Gasteiger partial charge in [0.05, 0.1) is 6.10 Å². The number of amides is 1. The predicted octanol–water partition coefficient (Wildman–Crippen LogP) is 1.93. The molecule has 0 aromatic heterocycles. The number of nitrogens with zero attached hydrogens (tertiary/aromatic N) is 2. The number of piperidine rings is 1. The highest BCUT2D eigenvalue weighted by molar-refractivity contribution is 6.02. The first-order valence-corrected chi connectivity index (χ1v) is 11.8. The van der Waals surface area contributed by atoms with Gasteiger partial charge < -0.3 is 30.3 Å². The van der Waals surface area contributed by atoms with Crippen molar-refractivity contribution in [3.8, 4) is 6.07 Å². The fourth-order valence-electron chi connectivity index (χ4n) is 4.55. The van der Waals surface area contributed by atoms with Crippen molar-refractivity contribution in [2.45, 2.75) is 50.8 Å². The van der Waals surface area contributed by atoms with Crippen LogP contribution in [0.1, 0.15) is 31.7 Å². The van der Waals surface area contributed by atoms with Gasteiger partial charge in [-0.1, -0.05) is 25.1 Å². The van der Waals surface area contributed by atoms with Gasteiger partial charge in [-0.3, -0.25) is 4.79 Å². The summed E-state index contributed by atoms with van der Waals surface area (Å²) in [5.74, 6) is -1.28. The quantitative estimate of drug-likeness (QED) is 0.393. The first-order chi connectivity index (χ1) is 16.4. The number of fused-ring (bicyclic) bond motifs is 1. The number of ether oxygens (including phenoxy) is 1. The minimum atomic E-state index is -1.26. The molecule has 8 heteroatoms. The number of nitrogens with one attached hydrogen (secondary N) is 1. The van der Waals surface area contributed by atoms with Gasteiger partial charge in [0, 0.05) is 31.2 Å². The van der Waals surface area contributed by atoms with Crippen LogP contribution in [0.2, 0.25) is 0 Å². The Bertz CT molecular complexity index is 1110. The molecule has 2 saturated heterocycles. The maximum atomic E-state index is 12.6. The first-order valence-electron chi connectivity index (χ1n) is 11.8. The average molecular weight is 466 g/mol. The molecule has 1 amide bonds. The van der Waals surface area contributed by atoms with Crippen LogP contribution in [0, 0.1) is 17.2 Å². The lowest BCUT2D eigenvalue weighted by molar-refractivity contribution is -0.258. The van der Waals surface area contributed by atoms with E-state index in [0.29, 0.717) is 0 Å². The third-order valence-electron chi connectivity index (χ3n) is 6.74. The van der Waals surface area contributed by atoms with Gasteiger partial charge in [0.1, 0.15) is 23.9 Å². The standard InChI is InChI=1S/C26H31N3O5/c1-16-23(30)24(31)22(34-26(16)33)15-28-25(32)20(14-27)12-17-5-6-19-13-21(8-7-18(19)11-17)29-9-3-2-4-10-29/h5-8,11-13,16,22-24,26,30-31,33H,2-4,9-10,15H2,1H3,(H,28,32)/b20-12+/t16?,22-,23?,24?,26?/m1/s1. The van der Waals surface area contributed by atoms with Gasteiger partial charge in [-0.15, -0.1) is 0 Å². The largest absolute Gasteiger partial charge is 0.390 e.